The molecule has 0 aliphatic heterocycles. The van der Waals surface area contributed by atoms with Crippen LogP contribution in [0.3, 0.4) is 0 Å². The lowest BCUT2D eigenvalue weighted by Crippen LogP contribution is -2.45. The van der Waals surface area contributed by atoms with E-state index in [-0.39, 0.29) is 0 Å². The molecule has 21 heavy (non-hydrogen) atoms. The summed E-state index contributed by atoms with van der Waals surface area (Å²) < 4.78 is 0.831. The number of nitrogens with two attached hydrogens (primary N) is 1. The Kier molecular flexibility index (Phi) is 4.81. The largest absolute Gasteiger partial charge is 0.367 e. The molecule has 2 rings (SSSR count). The highest BCUT2D eigenvalue weighted by atomic mass is 79.9. The Labute approximate surface area is 141 Å². The van der Waals surface area contributed by atoms with Crippen LogP contribution in [-0.2, 0) is 10.3 Å². The fraction of sp³-hybridized carbons (Fsp3) is 0.133. The van der Waals surface area contributed by atoms with E-state index in [1.54, 1.807) is 25.1 Å². The molecule has 2 aromatic rings. The average Bonchev–Trinajstić information content (AvgIpc) is 2.44. The van der Waals surface area contributed by atoms with Gasteiger partial charge >= 0.3 is 0 Å². The van der Waals surface area contributed by atoms with Crippen molar-refractivity contribution in [2.75, 3.05) is 5.32 Å². The molecule has 0 aliphatic carbocycles. The van der Waals surface area contributed by atoms with Gasteiger partial charge in [0.05, 0.1) is 10.0 Å². The summed E-state index contributed by atoms with van der Waals surface area (Å²) >= 11 is 15.4. The van der Waals surface area contributed by atoms with Gasteiger partial charge in [0.25, 0.3) is 0 Å². The minimum Gasteiger partial charge on any atom is -0.367 e. The zero-order chi connectivity index (χ0) is 15.6. The topological polar surface area (TPSA) is 55.1 Å². The van der Waals surface area contributed by atoms with Gasteiger partial charge in [0.15, 0.2) is 0 Å². The molecule has 0 aromatic heterocycles. The van der Waals surface area contributed by atoms with Crippen LogP contribution in [0.25, 0.3) is 0 Å². The summed E-state index contributed by atoms with van der Waals surface area (Å²) in [7, 11) is 0. The van der Waals surface area contributed by atoms with Crippen molar-refractivity contribution in [3.63, 3.8) is 0 Å². The molecule has 1 amide bonds. The van der Waals surface area contributed by atoms with E-state index < -0.39 is 11.4 Å². The van der Waals surface area contributed by atoms with E-state index in [4.69, 9.17) is 28.9 Å². The molecule has 3 nitrogen and oxygen atoms in total. The summed E-state index contributed by atoms with van der Waals surface area (Å²) in [6, 6.07) is 12.5. The Morgan fingerprint density at radius 3 is 2.43 bits per heavy atom. The van der Waals surface area contributed by atoms with E-state index in [0.29, 0.717) is 15.6 Å². The Morgan fingerprint density at radius 2 is 1.86 bits per heavy atom. The molecule has 2 aromatic carbocycles. The highest BCUT2D eigenvalue weighted by Gasteiger charge is 2.34. The van der Waals surface area contributed by atoms with Crippen LogP contribution in [0.1, 0.15) is 12.5 Å². The first-order valence-electron chi connectivity index (χ1n) is 6.13. The van der Waals surface area contributed by atoms with E-state index in [1.807, 2.05) is 24.3 Å². The molecule has 0 heterocycles. The molecule has 110 valence electrons. The van der Waals surface area contributed by atoms with Crippen LogP contribution >= 0.6 is 39.1 Å². The maximum Gasteiger partial charge on any atom is 0.247 e. The van der Waals surface area contributed by atoms with Crippen molar-refractivity contribution in [1.82, 2.24) is 0 Å². The summed E-state index contributed by atoms with van der Waals surface area (Å²) in [6.45, 7) is 1.70. The lowest BCUT2D eigenvalue weighted by Gasteiger charge is -2.30. The standard InChI is InChI=1S/C15H13BrCl2N2O/c1-15(14(19)21,9-6-7-11(17)12(18)8-9)20-13-5-3-2-4-10(13)16/h2-8,20H,1H3,(H2,19,21). The third-order valence-corrected chi connectivity index (χ3v) is 4.68. The molecule has 3 N–H and O–H groups in total. The van der Waals surface area contributed by atoms with Gasteiger partial charge in [-0.05, 0) is 52.7 Å². The number of halogens is 3. The highest BCUT2D eigenvalue weighted by molar-refractivity contribution is 9.10. The van der Waals surface area contributed by atoms with Crippen LogP contribution in [0, 0.1) is 0 Å². The zero-order valence-electron chi connectivity index (χ0n) is 11.2. The van der Waals surface area contributed by atoms with Crippen molar-refractivity contribution in [2.45, 2.75) is 12.5 Å². The second-order valence-corrected chi connectivity index (χ2v) is 6.39. The number of rotatable bonds is 4. The van der Waals surface area contributed by atoms with Crippen LogP contribution in [0.15, 0.2) is 46.9 Å². The van der Waals surface area contributed by atoms with Crippen molar-refractivity contribution < 1.29 is 4.79 Å². The quantitative estimate of drug-likeness (QED) is 0.807. The third kappa shape index (κ3) is 3.34. The molecule has 0 spiro atoms. The van der Waals surface area contributed by atoms with Crippen molar-refractivity contribution in [1.29, 1.82) is 0 Å². The lowest BCUT2D eigenvalue weighted by atomic mass is 9.91. The molecule has 0 radical (unpaired) electrons. The maximum atomic E-state index is 12.0. The summed E-state index contributed by atoms with van der Waals surface area (Å²) in [5.41, 5.74) is 5.88. The minimum absolute atomic E-state index is 0.371. The van der Waals surface area contributed by atoms with Crippen molar-refractivity contribution in [3.05, 3.63) is 62.5 Å². The van der Waals surface area contributed by atoms with Gasteiger partial charge < -0.3 is 11.1 Å². The second-order valence-electron chi connectivity index (χ2n) is 4.72. The molecular formula is C15H13BrCl2N2O. The molecule has 1 atom stereocenters. The molecule has 0 saturated heterocycles. The van der Waals surface area contributed by atoms with Crippen LogP contribution in [0.4, 0.5) is 5.69 Å². The number of amides is 1. The first kappa shape index (κ1) is 16.1. The summed E-state index contributed by atoms with van der Waals surface area (Å²) in [5.74, 6) is -0.517. The Balaban J connectivity index is 2.48. The van der Waals surface area contributed by atoms with Gasteiger partial charge in [0.2, 0.25) is 5.91 Å². The fourth-order valence-corrected chi connectivity index (χ4v) is 2.60. The van der Waals surface area contributed by atoms with E-state index in [2.05, 4.69) is 21.2 Å². The van der Waals surface area contributed by atoms with Crippen LogP contribution in [0.2, 0.25) is 10.0 Å². The van der Waals surface area contributed by atoms with Gasteiger partial charge in [-0.2, -0.15) is 0 Å². The Morgan fingerprint density at radius 1 is 1.19 bits per heavy atom. The van der Waals surface area contributed by atoms with Gasteiger partial charge in [-0.1, -0.05) is 41.4 Å². The van der Waals surface area contributed by atoms with E-state index in [0.717, 1.165) is 10.2 Å². The normalized spacial score (nSPS) is 13.5. The molecule has 0 saturated carbocycles. The summed E-state index contributed by atoms with van der Waals surface area (Å²) in [4.78, 5) is 12.0. The van der Waals surface area contributed by atoms with Crippen molar-refractivity contribution in [3.8, 4) is 0 Å². The number of nitrogens with one attached hydrogen (secondary N) is 1. The number of primary amides is 1. The second kappa shape index (κ2) is 6.26. The van der Waals surface area contributed by atoms with Crippen LogP contribution in [0.5, 0.6) is 0 Å². The maximum absolute atomic E-state index is 12.0. The molecule has 0 fully saturated rings. The molecule has 0 bridgehead atoms. The van der Waals surface area contributed by atoms with E-state index >= 15 is 0 Å². The molecule has 1 unspecified atom stereocenters. The van der Waals surface area contributed by atoms with Gasteiger partial charge in [-0.3, -0.25) is 4.79 Å². The number of benzene rings is 2. The molecule has 0 aliphatic rings. The van der Waals surface area contributed by atoms with E-state index in [9.17, 15) is 4.79 Å². The lowest BCUT2D eigenvalue weighted by molar-refractivity contribution is -0.122. The number of para-hydroxylation sites is 1. The highest BCUT2D eigenvalue weighted by Crippen LogP contribution is 2.33. The minimum atomic E-state index is -1.11. The zero-order valence-corrected chi connectivity index (χ0v) is 14.3. The Hall–Kier alpha value is -1.23. The molecular weight excluding hydrogens is 375 g/mol. The van der Waals surface area contributed by atoms with Gasteiger partial charge in [0, 0.05) is 10.2 Å². The number of hydrogen-bond acceptors (Lipinski definition) is 2. The monoisotopic (exact) mass is 386 g/mol. The number of carbonyl (C=O) groups excluding carboxylic acids is 1. The predicted octanol–water partition coefficient (Wildman–Crippen LogP) is 4.57. The Bertz CT molecular complexity index is 693. The number of anilines is 1. The number of hydrogen-bond donors (Lipinski definition) is 2. The first-order valence-corrected chi connectivity index (χ1v) is 7.67. The smallest absolute Gasteiger partial charge is 0.247 e. The van der Waals surface area contributed by atoms with Crippen molar-refractivity contribution >= 4 is 50.7 Å². The van der Waals surface area contributed by atoms with Crippen LogP contribution in [-0.4, -0.2) is 5.91 Å². The van der Waals surface area contributed by atoms with Crippen LogP contribution < -0.4 is 11.1 Å². The van der Waals surface area contributed by atoms with Gasteiger partial charge in [-0.25, -0.2) is 0 Å². The SMILES string of the molecule is CC(Nc1ccccc1Br)(C(N)=O)c1ccc(Cl)c(Cl)c1. The van der Waals surface area contributed by atoms with Crippen molar-refractivity contribution in [2.24, 2.45) is 5.73 Å². The molecule has 6 heteroatoms. The summed E-state index contributed by atoms with van der Waals surface area (Å²) in [6.07, 6.45) is 0. The third-order valence-electron chi connectivity index (χ3n) is 3.25. The van der Waals surface area contributed by atoms with Gasteiger partial charge in [-0.15, -0.1) is 0 Å². The van der Waals surface area contributed by atoms with Gasteiger partial charge in [0.1, 0.15) is 5.54 Å². The van der Waals surface area contributed by atoms with E-state index in [1.165, 1.54) is 0 Å². The average molecular weight is 388 g/mol. The fourth-order valence-electron chi connectivity index (χ4n) is 1.92. The number of carbonyl (C=O) groups is 1. The summed E-state index contributed by atoms with van der Waals surface area (Å²) in [5, 5.41) is 3.96. The predicted molar refractivity (Wildman–Crippen MR) is 90.8 cm³/mol. The first-order chi connectivity index (χ1) is 9.84.